The molecular weight excluding hydrogens is 232 g/mol. The van der Waals surface area contributed by atoms with Crippen LogP contribution in [0.2, 0.25) is 0 Å². The maximum absolute atomic E-state index is 11.2. The molecule has 0 radical (unpaired) electrons. The number of aliphatic hydroxyl groups is 1. The number of aliphatic carboxylic acids is 1. The molecule has 0 aliphatic carbocycles. The lowest BCUT2D eigenvalue weighted by Gasteiger charge is -2.21. The smallest absolute Gasteiger partial charge is 0.314 e. The largest absolute Gasteiger partial charge is 0.481 e. The van der Waals surface area contributed by atoms with E-state index in [1.807, 2.05) is 6.26 Å². The first kappa shape index (κ1) is 15.0. The van der Waals surface area contributed by atoms with Crippen LogP contribution < -0.4 is 10.6 Å². The van der Waals surface area contributed by atoms with E-state index in [0.29, 0.717) is 6.54 Å². The van der Waals surface area contributed by atoms with Crippen LogP contribution in [0.5, 0.6) is 0 Å². The molecule has 0 saturated carbocycles. The lowest BCUT2D eigenvalue weighted by molar-refractivity contribution is -0.141. The molecule has 0 heterocycles. The van der Waals surface area contributed by atoms with Gasteiger partial charge in [0.1, 0.15) is 0 Å². The highest BCUT2D eigenvalue weighted by atomic mass is 32.2. The number of hydrogen-bond acceptors (Lipinski definition) is 4. The van der Waals surface area contributed by atoms with Crippen molar-refractivity contribution in [1.29, 1.82) is 0 Å². The van der Waals surface area contributed by atoms with Crippen molar-refractivity contribution in [3.63, 3.8) is 0 Å². The Morgan fingerprint density at radius 1 is 1.38 bits per heavy atom. The van der Waals surface area contributed by atoms with Crippen LogP contribution in [0.1, 0.15) is 13.3 Å². The molecule has 6 nitrogen and oxygen atoms in total. The van der Waals surface area contributed by atoms with Gasteiger partial charge in [-0.1, -0.05) is 0 Å². The van der Waals surface area contributed by atoms with Crippen molar-refractivity contribution < 1.29 is 19.8 Å². The summed E-state index contributed by atoms with van der Waals surface area (Å²) in [5.74, 6) is -0.298. The number of thioether (sulfide) groups is 1. The number of urea groups is 1. The number of amides is 2. The summed E-state index contributed by atoms with van der Waals surface area (Å²) >= 11 is 1.61. The number of carboxylic acids is 1. The van der Waals surface area contributed by atoms with E-state index in [1.54, 1.807) is 11.8 Å². The van der Waals surface area contributed by atoms with E-state index in [1.165, 1.54) is 6.92 Å². The second kappa shape index (κ2) is 7.34. The predicted molar refractivity (Wildman–Crippen MR) is 62.7 cm³/mol. The van der Waals surface area contributed by atoms with Gasteiger partial charge in [-0.2, -0.15) is 11.8 Å². The van der Waals surface area contributed by atoms with Gasteiger partial charge in [-0.25, -0.2) is 4.79 Å². The maximum atomic E-state index is 11.2. The second-order valence-electron chi connectivity index (χ2n) is 3.67. The molecule has 0 aromatic rings. The maximum Gasteiger partial charge on any atom is 0.314 e. The summed E-state index contributed by atoms with van der Waals surface area (Å²) in [5.41, 5.74) is -1.43. The van der Waals surface area contributed by atoms with Gasteiger partial charge < -0.3 is 20.8 Å². The molecule has 0 aliphatic heterocycles. The topological polar surface area (TPSA) is 98.7 Å². The van der Waals surface area contributed by atoms with Gasteiger partial charge in [-0.3, -0.25) is 4.79 Å². The highest BCUT2D eigenvalue weighted by Crippen LogP contribution is 2.06. The van der Waals surface area contributed by atoms with Gasteiger partial charge in [0.25, 0.3) is 0 Å². The fourth-order valence-electron chi connectivity index (χ4n) is 0.988. The van der Waals surface area contributed by atoms with Gasteiger partial charge in [-0.05, 0) is 13.2 Å². The van der Waals surface area contributed by atoms with Crippen molar-refractivity contribution >= 4 is 23.8 Å². The molecule has 0 saturated heterocycles. The van der Waals surface area contributed by atoms with Gasteiger partial charge in [-0.15, -0.1) is 0 Å². The first-order valence-corrected chi connectivity index (χ1v) is 6.21. The number of carbonyl (C=O) groups is 2. The van der Waals surface area contributed by atoms with E-state index in [-0.39, 0.29) is 6.54 Å². The van der Waals surface area contributed by atoms with Crippen LogP contribution >= 0.6 is 11.8 Å². The molecule has 0 bridgehead atoms. The molecule has 7 heteroatoms. The molecule has 2 amide bonds. The van der Waals surface area contributed by atoms with Gasteiger partial charge >= 0.3 is 12.0 Å². The quantitative estimate of drug-likeness (QED) is 0.472. The van der Waals surface area contributed by atoms with Crippen LogP contribution in [-0.2, 0) is 4.79 Å². The van der Waals surface area contributed by atoms with Gasteiger partial charge in [0.15, 0.2) is 0 Å². The van der Waals surface area contributed by atoms with Crippen LogP contribution in [0.4, 0.5) is 4.79 Å². The lowest BCUT2D eigenvalue weighted by Crippen LogP contribution is -2.46. The van der Waals surface area contributed by atoms with Crippen LogP contribution in [0.25, 0.3) is 0 Å². The summed E-state index contributed by atoms with van der Waals surface area (Å²) in [6.07, 6.45) is 1.52. The monoisotopic (exact) mass is 250 g/mol. The van der Waals surface area contributed by atoms with E-state index in [4.69, 9.17) is 5.11 Å². The van der Waals surface area contributed by atoms with Crippen molar-refractivity contribution in [3.8, 4) is 0 Å². The van der Waals surface area contributed by atoms with Crippen molar-refractivity contribution in [1.82, 2.24) is 10.6 Å². The Bertz CT molecular complexity index is 246. The molecule has 1 atom stereocenters. The first-order valence-electron chi connectivity index (χ1n) is 4.82. The predicted octanol–water partition coefficient (Wildman–Crippen LogP) is -0.126. The van der Waals surface area contributed by atoms with E-state index in [0.717, 1.165) is 5.75 Å². The second-order valence-corrected chi connectivity index (χ2v) is 4.66. The normalized spacial score (nSPS) is 13.9. The van der Waals surface area contributed by atoms with E-state index >= 15 is 0 Å². The van der Waals surface area contributed by atoms with Crippen molar-refractivity contribution in [2.24, 2.45) is 0 Å². The summed E-state index contributed by atoms with van der Waals surface area (Å²) in [6.45, 7) is 1.81. The molecule has 0 spiro atoms. The number of hydrogen-bond donors (Lipinski definition) is 4. The van der Waals surface area contributed by atoms with Crippen molar-refractivity contribution in [2.45, 2.75) is 18.9 Å². The van der Waals surface area contributed by atoms with E-state index < -0.39 is 24.0 Å². The van der Waals surface area contributed by atoms with Crippen LogP contribution in [0.15, 0.2) is 0 Å². The zero-order valence-corrected chi connectivity index (χ0v) is 10.3. The minimum Gasteiger partial charge on any atom is -0.481 e. The lowest BCUT2D eigenvalue weighted by atomic mass is 10.0. The number of carbonyl (C=O) groups excluding carboxylic acids is 1. The van der Waals surface area contributed by atoms with Gasteiger partial charge in [0.2, 0.25) is 0 Å². The summed E-state index contributed by atoms with van der Waals surface area (Å²) in [7, 11) is 0. The minimum absolute atomic E-state index is 0.0929. The average Bonchev–Trinajstić information content (AvgIpc) is 2.13. The fraction of sp³-hybridized carbons (Fsp3) is 0.778. The molecule has 0 aliphatic rings. The molecular formula is C9H18N2O4S. The SMILES string of the molecule is CSCCNC(=O)NCC(C)(O)CC(=O)O. The van der Waals surface area contributed by atoms with Gasteiger partial charge in [0, 0.05) is 18.8 Å². The number of rotatable bonds is 7. The average molecular weight is 250 g/mol. The Balaban J connectivity index is 3.77. The molecule has 0 aromatic heterocycles. The highest BCUT2D eigenvalue weighted by molar-refractivity contribution is 7.98. The Morgan fingerprint density at radius 3 is 2.50 bits per heavy atom. The third kappa shape index (κ3) is 8.37. The standard InChI is InChI=1S/C9H18N2O4S/c1-9(15,5-7(12)13)6-11-8(14)10-3-4-16-2/h15H,3-6H2,1-2H3,(H,12,13)(H2,10,11,14). The summed E-state index contributed by atoms with van der Waals surface area (Å²) in [5, 5.41) is 23.1. The fourth-order valence-corrected chi connectivity index (χ4v) is 1.29. The summed E-state index contributed by atoms with van der Waals surface area (Å²) < 4.78 is 0. The van der Waals surface area contributed by atoms with E-state index in [9.17, 15) is 14.7 Å². The molecule has 16 heavy (non-hydrogen) atoms. The molecule has 1 unspecified atom stereocenters. The van der Waals surface area contributed by atoms with Crippen molar-refractivity contribution in [3.05, 3.63) is 0 Å². The first-order chi connectivity index (χ1) is 7.37. The van der Waals surface area contributed by atoms with E-state index in [2.05, 4.69) is 10.6 Å². The summed E-state index contributed by atoms with van der Waals surface area (Å²) in [6, 6.07) is -0.403. The number of carboxylic acid groups (broad SMARTS) is 1. The molecule has 0 rings (SSSR count). The molecule has 0 aromatic carbocycles. The zero-order valence-electron chi connectivity index (χ0n) is 9.45. The Morgan fingerprint density at radius 2 is 2.00 bits per heavy atom. The van der Waals surface area contributed by atoms with Crippen LogP contribution in [0.3, 0.4) is 0 Å². The van der Waals surface area contributed by atoms with Crippen molar-refractivity contribution in [2.75, 3.05) is 25.1 Å². The third-order valence-corrected chi connectivity index (χ3v) is 2.37. The van der Waals surface area contributed by atoms with Gasteiger partial charge in [0.05, 0.1) is 12.0 Å². The zero-order chi connectivity index (χ0) is 12.6. The highest BCUT2D eigenvalue weighted by Gasteiger charge is 2.24. The summed E-state index contributed by atoms with van der Waals surface area (Å²) in [4.78, 5) is 21.5. The molecule has 0 fully saturated rings. The molecule has 94 valence electrons. The Hall–Kier alpha value is -0.950. The number of nitrogens with one attached hydrogen (secondary N) is 2. The third-order valence-electron chi connectivity index (χ3n) is 1.75. The van der Waals surface area contributed by atoms with Crippen LogP contribution in [0, 0.1) is 0 Å². The Kier molecular flexibility index (Phi) is 6.91. The minimum atomic E-state index is -1.43. The Labute approximate surface area is 98.8 Å². The molecule has 4 N–H and O–H groups in total. The van der Waals surface area contributed by atoms with Crippen LogP contribution in [-0.4, -0.2) is 52.9 Å².